The van der Waals surface area contributed by atoms with Crippen LogP contribution in [0.5, 0.6) is 0 Å². The third-order valence-electron chi connectivity index (χ3n) is 7.52. The van der Waals surface area contributed by atoms with E-state index in [2.05, 4.69) is 5.32 Å². The first-order valence-electron chi connectivity index (χ1n) is 10.7. The van der Waals surface area contributed by atoms with E-state index in [1.807, 2.05) is 30.6 Å². The molecule has 0 unspecified atom stereocenters. The second-order valence-electron chi connectivity index (χ2n) is 9.07. The second kappa shape index (κ2) is 7.24. The van der Waals surface area contributed by atoms with Crippen molar-refractivity contribution in [1.29, 1.82) is 0 Å². The third-order valence-corrected chi connectivity index (χ3v) is 8.38. The molecule has 30 heavy (non-hydrogen) atoms. The highest BCUT2D eigenvalue weighted by Gasteiger charge is 2.74. The molecule has 2 saturated heterocycles. The number of carbonyl (C=O) groups excluding carboxylic acids is 3. The molecule has 3 aliphatic heterocycles. The quantitative estimate of drug-likeness (QED) is 0.690. The monoisotopic (exact) mass is 448 g/mol. The Kier molecular flexibility index (Phi) is 4.91. The lowest BCUT2D eigenvalue weighted by atomic mass is 9.76. The molecular weight excluding hydrogens is 422 g/mol. The maximum atomic E-state index is 13.8. The van der Waals surface area contributed by atoms with Crippen molar-refractivity contribution in [3.05, 3.63) is 28.3 Å². The number of anilines is 1. The molecule has 160 valence electrons. The van der Waals surface area contributed by atoms with Crippen LogP contribution in [0.25, 0.3) is 0 Å². The number of benzene rings is 1. The zero-order chi connectivity index (χ0) is 21.2. The minimum atomic E-state index is -1.11. The number of thioether (sulfide) groups is 1. The normalized spacial score (nSPS) is 33.0. The highest BCUT2D eigenvalue weighted by molar-refractivity contribution is 7.98. The van der Waals surface area contributed by atoms with E-state index in [-0.39, 0.29) is 29.8 Å². The molecule has 4 atom stereocenters. The van der Waals surface area contributed by atoms with E-state index in [1.54, 1.807) is 11.8 Å². The maximum absolute atomic E-state index is 13.8. The minimum Gasteiger partial charge on any atom is -0.326 e. The zero-order valence-electron chi connectivity index (χ0n) is 17.2. The van der Waals surface area contributed by atoms with Gasteiger partial charge in [-0.25, -0.2) is 0 Å². The Labute approximate surface area is 185 Å². The zero-order valence-corrected chi connectivity index (χ0v) is 18.8. The number of aryl methyl sites for hydroxylation is 1. The van der Waals surface area contributed by atoms with Gasteiger partial charge in [-0.2, -0.15) is 11.8 Å². The number of fused-ring (bicyclic) bond motifs is 4. The summed E-state index contributed by atoms with van der Waals surface area (Å²) in [7, 11) is 0. The van der Waals surface area contributed by atoms with Crippen molar-refractivity contribution in [3.8, 4) is 0 Å². The van der Waals surface area contributed by atoms with E-state index in [9.17, 15) is 14.4 Å². The Bertz CT molecular complexity index is 948. The molecule has 0 bridgehead atoms. The van der Waals surface area contributed by atoms with Gasteiger partial charge >= 0.3 is 0 Å². The van der Waals surface area contributed by atoms with Gasteiger partial charge in [0.05, 0.1) is 5.69 Å². The molecule has 1 aromatic rings. The molecule has 3 heterocycles. The summed E-state index contributed by atoms with van der Waals surface area (Å²) in [6.45, 7) is 1.91. The number of amides is 3. The number of quaternary nitrogens is 1. The predicted molar refractivity (Wildman–Crippen MR) is 116 cm³/mol. The summed E-state index contributed by atoms with van der Waals surface area (Å²) >= 11 is 8.10. The molecule has 3 amide bonds. The van der Waals surface area contributed by atoms with E-state index in [0.29, 0.717) is 5.02 Å². The molecular formula is C22H27ClN3O3S+. The Hall–Kier alpha value is -1.57. The van der Waals surface area contributed by atoms with Crippen LogP contribution in [0.1, 0.15) is 43.2 Å². The molecule has 1 aromatic carbocycles. The largest absolute Gasteiger partial charge is 0.326 e. The average molecular weight is 449 g/mol. The maximum Gasteiger partial charge on any atom is 0.291 e. The summed E-state index contributed by atoms with van der Waals surface area (Å²) in [6.07, 6.45) is 6.65. The van der Waals surface area contributed by atoms with Gasteiger partial charge in [-0.1, -0.05) is 24.4 Å². The number of nitrogens with zero attached hydrogens (tertiary/aromatic N) is 1. The Morgan fingerprint density at radius 3 is 2.67 bits per heavy atom. The summed E-state index contributed by atoms with van der Waals surface area (Å²) in [5.74, 6) is -0.678. The van der Waals surface area contributed by atoms with Crippen molar-refractivity contribution in [2.24, 2.45) is 11.8 Å². The first-order valence-corrected chi connectivity index (χ1v) is 12.5. The van der Waals surface area contributed by atoms with Crippen molar-refractivity contribution in [3.63, 3.8) is 0 Å². The standard InChI is InChI=1S/C22H26ClN3O3S/c1-11-9-12(23)10-14-18(11)24-21(29)22(14)17-16(15(25-22)7-8-30-2)19(27)26(20(17)28)13-5-3-4-6-13/h9-10,13,15-17,25H,3-8H2,1-2H3,(H,24,29)/p+1/t15-,16-,17+,22-/m1/s1. The Morgan fingerprint density at radius 2 is 1.97 bits per heavy atom. The van der Waals surface area contributed by atoms with Crippen LogP contribution >= 0.6 is 23.4 Å². The van der Waals surface area contributed by atoms with Crippen molar-refractivity contribution in [2.75, 3.05) is 17.3 Å². The van der Waals surface area contributed by atoms with Gasteiger partial charge in [-0.3, -0.25) is 19.3 Å². The van der Waals surface area contributed by atoms with E-state index < -0.39 is 17.4 Å². The summed E-state index contributed by atoms with van der Waals surface area (Å²) in [5.41, 5.74) is 1.27. The molecule has 1 aliphatic carbocycles. The van der Waals surface area contributed by atoms with E-state index in [4.69, 9.17) is 11.6 Å². The predicted octanol–water partition coefficient (Wildman–Crippen LogP) is 2.04. The number of carbonyl (C=O) groups is 3. The van der Waals surface area contributed by atoms with Gasteiger partial charge in [0.25, 0.3) is 5.91 Å². The minimum absolute atomic E-state index is 0.0149. The van der Waals surface area contributed by atoms with Crippen molar-refractivity contribution in [2.45, 2.75) is 56.7 Å². The number of nitrogens with one attached hydrogen (secondary N) is 1. The highest BCUT2D eigenvalue weighted by Crippen LogP contribution is 2.51. The third kappa shape index (κ3) is 2.64. The van der Waals surface area contributed by atoms with Crippen LogP contribution in [-0.2, 0) is 19.9 Å². The number of halogens is 1. The first-order chi connectivity index (χ1) is 14.4. The summed E-state index contributed by atoms with van der Waals surface area (Å²) in [6, 6.07) is 3.52. The summed E-state index contributed by atoms with van der Waals surface area (Å²) in [4.78, 5) is 42.3. The fourth-order valence-electron chi connectivity index (χ4n) is 6.26. The molecule has 1 spiro atoms. The number of rotatable bonds is 4. The van der Waals surface area contributed by atoms with Crippen molar-refractivity contribution < 1.29 is 19.7 Å². The molecule has 0 aromatic heterocycles. The van der Waals surface area contributed by atoms with E-state index in [0.717, 1.165) is 54.7 Å². The first kappa shape index (κ1) is 20.3. The van der Waals surface area contributed by atoms with Crippen LogP contribution in [0.3, 0.4) is 0 Å². The summed E-state index contributed by atoms with van der Waals surface area (Å²) < 4.78 is 0. The van der Waals surface area contributed by atoms with Crippen molar-refractivity contribution >= 4 is 46.8 Å². The Balaban J connectivity index is 1.65. The lowest BCUT2D eigenvalue weighted by molar-refractivity contribution is -0.733. The van der Waals surface area contributed by atoms with Gasteiger partial charge in [0.1, 0.15) is 17.9 Å². The van der Waals surface area contributed by atoms with E-state index in [1.165, 1.54) is 4.90 Å². The smallest absolute Gasteiger partial charge is 0.291 e. The molecule has 0 radical (unpaired) electrons. The Morgan fingerprint density at radius 1 is 1.23 bits per heavy atom. The van der Waals surface area contributed by atoms with Gasteiger partial charge in [0, 0.05) is 23.0 Å². The highest BCUT2D eigenvalue weighted by atomic mass is 35.5. The van der Waals surface area contributed by atoms with Gasteiger partial charge in [-0.15, -0.1) is 0 Å². The SMILES string of the molecule is CSCC[C@H]1[NH2+][C@@]2(C(=O)Nc3c(C)cc(Cl)cc32)[C@@H]2C(=O)N(C3CCCC3)C(=O)[C@@H]21. The van der Waals surface area contributed by atoms with Gasteiger partial charge < -0.3 is 10.6 Å². The molecule has 6 nitrogen and oxygen atoms in total. The molecule has 3 fully saturated rings. The van der Waals surface area contributed by atoms with Crippen LogP contribution in [0.15, 0.2) is 12.1 Å². The van der Waals surface area contributed by atoms with Crippen LogP contribution in [0, 0.1) is 18.8 Å². The molecule has 5 rings (SSSR count). The fraction of sp³-hybridized carbons (Fsp3) is 0.591. The summed E-state index contributed by atoms with van der Waals surface area (Å²) in [5, 5.41) is 5.58. The van der Waals surface area contributed by atoms with Gasteiger partial charge in [-0.05, 0) is 49.5 Å². The van der Waals surface area contributed by atoms with Crippen LogP contribution < -0.4 is 10.6 Å². The molecule has 1 saturated carbocycles. The lowest BCUT2D eigenvalue weighted by Gasteiger charge is -2.29. The van der Waals surface area contributed by atoms with Crippen molar-refractivity contribution in [1.82, 2.24) is 4.90 Å². The van der Waals surface area contributed by atoms with Crippen LogP contribution in [0.4, 0.5) is 5.69 Å². The number of imide groups is 1. The van der Waals surface area contributed by atoms with Gasteiger partial charge in [0.2, 0.25) is 17.4 Å². The number of hydrogen-bond donors (Lipinski definition) is 2. The lowest BCUT2D eigenvalue weighted by Crippen LogP contribution is -2.99. The fourth-order valence-corrected chi connectivity index (χ4v) is 7.04. The second-order valence-corrected chi connectivity index (χ2v) is 10.5. The molecule has 8 heteroatoms. The van der Waals surface area contributed by atoms with Crippen LogP contribution in [-0.4, -0.2) is 46.7 Å². The number of hydrogen-bond acceptors (Lipinski definition) is 4. The van der Waals surface area contributed by atoms with E-state index >= 15 is 0 Å². The van der Waals surface area contributed by atoms with Crippen LogP contribution in [0.2, 0.25) is 5.02 Å². The topological polar surface area (TPSA) is 83.1 Å². The number of likely N-dealkylation sites (tertiary alicyclic amines) is 1. The average Bonchev–Trinajstić information content (AvgIpc) is 3.44. The number of nitrogens with two attached hydrogens (primary N) is 1. The molecule has 4 aliphatic rings. The molecule has 3 N–H and O–H groups in total. The van der Waals surface area contributed by atoms with Gasteiger partial charge in [0.15, 0.2) is 0 Å².